The molecule has 1 fully saturated rings. The highest BCUT2D eigenvalue weighted by Gasteiger charge is 2.39. The van der Waals surface area contributed by atoms with Gasteiger partial charge in [0.2, 0.25) is 5.91 Å². The molecule has 1 amide bonds. The molecule has 2 N–H and O–H groups in total. The molecule has 0 radical (unpaired) electrons. The van der Waals surface area contributed by atoms with Gasteiger partial charge in [0.1, 0.15) is 0 Å². The molecule has 0 aromatic carbocycles. The van der Waals surface area contributed by atoms with Gasteiger partial charge >= 0.3 is 0 Å². The molecule has 0 bridgehead atoms. The summed E-state index contributed by atoms with van der Waals surface area (Å²) in [5.41, 5.74) is 5.67. The maximum atomic E-state index is 12.4. The molecule has 2 atom stereocenters. The van der Waals surface area contributed by atoms with E-state index < -0.39 is 0 Å². The van der Waals surface area contributed by atoms with Gasteiger partial charge in [0.15, 0.2) is 0 Å². The van der Waals surface area contributed by atoms with Crippen molar-refractivity contribution in [1.82, 2.24) is 9.80 Å². The molecular formula is C13H27N3O. The normalized spacial score (nSPS) is 28.4. The van der Waals surface area contributed by atoms with Gasteiger partial charge in [-0.15, -0.1) is 0 Å². The van der Waals surface area contributed by atoms with Gasteiger partial charge in [0, 0.05) is 25.2 Å². The second-order valence-corrected chi connectivity index (χ2v) is 6.07. The zero-order valence-corrected chi connectivity index (χ0v) is 11.9. The molecule has 0 spiro atoms. The van der Waals surface area contributed by atoms with Crippen molar-refractivity contribution >= 4 is 5.91 Å². The predicted molar refractivity (Wildman–Crippen MR) is 70.8 cm³/mol. The molecule has 17 heavy (non-hydrogen) atoms. The van der Waals surface area contributed by atoms with Crippen LogP contribution in [-0.4, -0.2) is 53.5 Å². The third-order valence-corrected chi connectivity index (χ3v) is 3.57. The zero-order valence-electron chi connectivity index (χ0n) is 11.9. The average Bonchev–Trinajstić information content (AvgIpc) is 2.30. The molecule has 0 saturated carbocycles. The molecule has 1 rings (SSSR count). The Balaban J connectivity index is 3.04. The fourth-order valence-electron chi connectivity index (χ4n) is 2.86. The van der Waals surface area contributed by atoms with Gasteiger partial charge in [-0.2, -0.15) is 0 Å². The van der Waals surface area contributed by atoms with Crippen molar-refractivity contribution in [2.45, 2.75) is 58.2 Å². The maximum Gasteiger partial charge on any atom is 0.239 e. The second kappa shape index (κ2) is 5.36. The van der Waals surface area contributed by atoms with E-state index in [4.69, 9.17) is 5.73 Å². The summed E-state index contributed by atoms with van der Waals surface area (Å²) >= 11 is 0. The first-order valence-electron chi connectivity index (χ1n) is 6.52. The minimum Gasteiger partial charge on any atom is -0.344 e. The molecule has 4 heteroatoms. The number of amides is 1. The fourth-order valence-corrected chi connectivity index (χ4v) is 2.86. The summed E-state index contributed by atoms with van der Waals surface area (Å²) in [4.78, 5) is 16.6. The van der Waals surface area contributed by atoms with Crippen LogP contribution in [0.5, 0.6) is 0 Å². The fraction of sp³-hybridized carbons (Fsp3) is 0.923. The lowest BCUT2D eigenvalue weighted by atomic mass is 9.97. The molecule has 0 aliphatic carbocycles. The van der Waals surface area contributed by atoms with Gasteiger partial charge in [0.05, 0.1) is 6.04 Å². The van der Waals surface area contributed by atoms with Crippen LogP contribution < -0.4 is 5.73 Å². The van der Waals surface area contributed by atoms with Crippen molar-refractivity contribution in [3.63, 3.8) is 0 Å². The first-order valence-corrected chi connectivity index (χ1v) is 6.52. The van der Waals surface area contributed by atoms with E-state index in [1.54, 1.807) is 0 Å². The minimum absolute atomic E-state index is 0.0000926. The van der Waals surface area contributed by atoms with Crippen LogP contribution in [0.25, 0.3) is 0 Å². The van der Waals surface area contributed by atoms with Crippen molar-refractivity contribution in [3.05, 3.63) is 0 Å². The van der Waals surface area contributed by atoms with E-state index in [1.807, 2.05) is 11.9 Å². The second-order valence-electron chi connectivity index (χ2n) is 6.07. The highest BCUT2D eigenvalue weighted by atomic mass is 16.2. The molecule has 1 aliphatic rings. The van der Waals surface area contributed by atoms with Crippen LogP contribution in [0.1, 0.15) is 40.5 Å². The highest BCUT2D eigenvalue weighted by molar-refractivity contribution is 5.82. The Labute approximate surface area is 105 Å². The van der Waals surface area contributed by atoms with E-state index >= 15 is 0 Å². The van der Waals surface area contributed by atoms with Gasteiger partial charge < -0.3 is 10.6 Å². The summed E-state index contributed by atoms with van der Waals surface area (Å²) in [6.07, 6.45) is 1.77. The molecule has 0 aromatic heterocycles. The van der Waals surface area contributed by atoms with Crippen LogP contribution in [0.3, 0.4) is 0 Å². The Morgan fingerprint density at radius 3 is 2.47 bits per heavy atom. The summed E-state index contributed by atoms with van der Waals surface area (Å²) in [5, 5.41) is 0. The standard InChI is InChI=1S/C13H27N3O/c1-10-7-9-15(5)12(17)11(6-8-14)16(10)13(2,3)4/h10-11H,6-9,14H2,1-5H3. The first-order chi connectivity index (χ1) is 7.79. The summed E-state index contributed by atoms with van der Waals surface area (Å²) in [5.74, 6) is 0.217. The van der Waals surface area contributed by atoms with E-state index in [1.165, 1.54) is 0 Å². The van der Waals surface area contributed by atoms with E-state index in [2.05, 4.69) is 32.6 Å². The third-order valence-electron chi connectivity index (χ3n) is 3.57. The van der Waals surface area contributed by atoms with E-state index in [0.717, 1.165) is 19.4 Å². The Hall–Kier alpha value is -0.610. The predicted octanol–water partition coefficient (Wildman–Crippen LogP) is 1.05. The van der Waals surface area contributed by atoms with Gasteiger partial charge in [-0.25, -0.2) is 0 Å². The van der Waals surface area contributed by atoms with Crippen molar-refractivity contribution in [3.8, 4) is 0 Å². The molecule has 1 saturated heterocycles. The van der Waals surface area contributed by atoms with E-state index in [0.29, 0.717) is 12.6 Å². The SMILES string of the molecule is CC1CCN(C)C(=O)C(CCN)N1C(C)(C)C. The minimum atomic E-state index is -0.0671. The monoisotopic (exact) mass is 241 g/mol. The Bertz CT molecular complexity index is 272. The van der Waals surface area contributed by atoms with Crippen LogP contribution in [0, 0.1) is 0 Å². The molecule has 0 aromatic rings. The van der Waals surface area contributed by atoms with Gasteiger partial charge in [-0.3, -0.25) is 9.69 Å². The number of carbonyl (C=O) groups excluding carboxylic acids is 1. The molecule has 100 valence electrons. The van der Waals surface area contributed by atoms with E-state index in [9.17, 15) is 4.79 Å². The van der Waals surface area contributed by atoms with Gasteiger partial charge in [-0.1, -0.05) is 0 Å². The van der Waals surface area contributed by atoms with Gasteiger partial charge in [-0.05, 0) is 47.1 Å². The Morgan fingerprint density at radius 2 is 2.00 bits per heavy atom. The van der Waals surface area contributed by atoms with Crippen LogP contribution in [0.15, 0.2) is 0 Å². The van der Waals surface area contributed by atoms with Crippen LogP contribution in [-0.2, 0) is 4.79 Å². The van der Waals surface area contributed by atoms with Crippen molar-refractivity contribution in [2.24, 2.45) is 5.73 Å². The molecule has 1 heterocycles. The molecule has 4 nitrogen and oxygen atoms in total. The largest absolute Gasteiger partial charge is 0.344 e. The number of hydrogen-bond acceptors (Lipinski definition) is 3. The lowest BCUT2D eigenvalue weighted by Gasteiger charge is -2.43. The van der Waals surface area contributed by atoms with Crippen molar-refractivity contribution in [2.75, 3.05) is 20.1 Å². The third kappa shape index (κ3) is 3.19. The summed E-state index contributed by atoms with van der Waals surface area (Å²) in [6, 6.07) is 0.350. The zero-order chi connectivity index (χ0) is 13.2. The average molecular weight is 241 g/mol. The van der Waals surface area contributed by atoms with Crippen molar-refractivity contribution < 1.29 is 4.79 Å². The van der Waals surface area contributed by atoms with Crippen LogP contribution in [0.2, 0.25) is 0 Å². The summed E-state index contributed by atoms with van der Waals surface area (Å²) in [7, 11) is 1.89. The van der Waals surface area contributed by atoms with Gasteiger partial charge in [0.25, 0.3) is 0 Å². The molecule has 2 unspecified atom stereocenters. The lowest BCUT2D eigenvalue weighted by Crippen LogP contribution is -2.56. The number of nitrogens with zero attached hydrogens (tertiary/aromatic N) is 2. The topological polar surface area (TPSA) is 49.6 Å². The number of likely N-dealkylation sites (N-methyl/N-ethyl adjacent to an activating group) is 1. The lowest BCUT2D eigenvalue weighted by molar-refractivity contribution is -0.136. The van der Waals surface area contributed by atoms with Crippen LogP contribution in [0.4, 0.5) is 0 Å². The first kappa shape index (κ1) is 14.5. The summed E-state index contributed by atoms with van der Waals surface area (Å²) in [6.45, 7) is 10.1. The molecule has 1 aliphatic heterocycles. The van der Waals surface area contributed by atoms with Crippen molar-refractivity contribution in [1.29, 1.82) is 0 Å². The number of carbonyl (C=O) groups is 1. The Kier molecular flexibility index (Phi) is 4.55. The molecular weight excluding hydrogens is 214 g/mol. The van der Waals surface area contributed by atoms with E-state index in [-0.39, 0.29) is 17.5 Å². The summed E-state index contributed by atoms with van der Waals surface area (Å²) < 4.78 is 0. The Morgan fingerprint density at radius 1 is 1.41 bits per heavy atom. The number of rotatable bonds is 2. The maximum absolute atomic E-state index is 12.4. The quantitative estimate of drug-likeness (QED) is 0.786. The van der Waals surface area contributed by atoms with Crippen LogP contribution >= 0.6 is 0 Å². The number of hydrogen-bond donors (Lipinski definition) is 1. The highest BCUT2D eigenvalue weighted by Crippen LogP contribution is 2.27. The number of nitrogens with two attached hydrogens (primary N) is 1. The smallest absolute Gasteiger partial charge is 0.239 e.